The molecule has 0 amide bonds. The molecule has 4 N–H and O–H groups in total. The molecule has 0 radical (unpaired) electrons. The van der Waals surface area contributed by atoms with Crippen LogP contribution in [0.5, 0.6) is 23.0 Å². The molecule has 158 valence electrons. The van der Waals surface area contributed by atoms with Gasteiger partial charge in [0.2, 0.25) is 0 Å². The number of hydrogen-bond donors (Lipinski definition) is 2. The van der Waals surface area contributed by atoms with Gasteiger partial charge in [-0.1, -0.05) is 41.5 Å². The van der Waals surface area contributed by atoms with Crippen LogP contribution in [0.4, 0.5) is 11.4 Å². The molecule has 0 unspecified atom stereocenters. The monoisotopic (exact) mass is 404 g/mol. The summed E-state index contributed by atoms with van der Waals surface area (Å²) in [5, 5.41) is 0. The van der Waals surface area contributed by atoms with Gasteiger partial charge < -0.3 is 20.9 Å². The molecule has 0 aliphatic heterocycles. The van der Waals surface area contributed by atoms with Crippen LogP contribution in [0.1, 0.15) is 52.7 Å². The van der Waals surface area contributed by atoms with Crippen LogP contribution in [-0.2, 0) is 10.8 Å². The van der Waals surface area contributed by atoms with E-state index in [0.717, 1.165) is 34.1 Å². The summed E-state index contributed by atoms with van der Waals surface area (Å²) in [5.41, 5.74) is 14.9. The molecule has 0 fully saturated rings. The summed E-state index contributed by atoms with van der Waals surface area (Å²) < 4.78 is 12.7. The largest absolute Gasteiger partial charge is 0.457 e. The van der Waals surface area contributed by atoms with Crippen molar-refractivity contribution < 1.29 is 9.47 Å². The maximum atomic E-state index is 6.37. The normalized spacial score (nSPS) is 11.9. The van der Waals surface area contributed by atoms with Gasteiger partial charge in [-0.3, -0.25) is 0 Å². The summed E-state index contributed by atoms with van der Waals surface area (Å²) in [4.78, 5) is 0. The minimum Gasteiger partial charge on any atom is -0.457 e. The van der Waals surface area contributed by atoms with Gasteiger partial charge in [-0.15, -0.1) is 0 Å². The van der Waals surface area contributed by atoms with E-state index in [1.807, 2.05) is 48.5 Å². The van der Waals surface area contributed by atoms with Crippen LogP contribution in [0.2, 0.25) is 0 Å². The molecule has 30 heavy (non-hydrogen) atoms. The molecule has 0 heterocycles. The topological polar surface area (TPSA) is 70.5 Å². The van der Waals surface area contributed by atoms with Crippen LogP contribution in [0.3, 0.4) is 0 Å². The van der Waals surface area contributed by atoms with E-state index in [4.69, 9.17) is 20.9 Å². The van der Waals surface area contributed by atoms with Crippen LogP contribution in [0, 0.1) is 0 Å². The Kier molecular flexibility index (Phi) is 5.71. The number of benzene rings is 3. The van der Waals surface area contributed by atoms with Gasteiger partial charge >= 0.3 is 0 Å². The summed E-state index contributed by atoms with van der Waals surface area (Å²) in [5.74, 6) is 3.04. The van der Waals surface area contributed by atoms with Crippen LogP contribution in [0.25, 0.3) is 0 Å². The van der Waals surface area contributed by atoms with E-state index in [1.54, 1.807) is 0 Å². The first-order valence-electron chi connectivity index (χ1n) is 10.2. The van der Waals surface area contributed by atoms with Crippen molar-refractivity contribution in [3.63, 3.8) is 0 Å². The molecule has 0 aliphatic carbocycles. The molecule has 3 aromatic rings. The highest BCUT2D eigenvalue weighted by molar-refractivity contribution is 5.56. The van der Waals surface area contributed by atoms with E-state index >= 15 is 0 Å². The maximum absolute atomic E-state index is 6.37. The second kappa shape index (κ2) is 7.94. The fraction of sp³-hybridized carbons (Fsp3) is 0.308. The molecule has 0 spiro atoms. The lowest BCUT2D eigenvalue weighted by Crippen LogP contribution is -2.17. The molecule has 0 aromatic heterocycles. The molecule has 0 atom stereocenters. The Labute approximate surface area is 179 Å². The Hall–Kier alpha value is -3.14. The third-order valence-electron chi connectivity index (χ3n) is 4.90. The van der Waals surface area contributed by atoms with Gasteiger partial charge in [-0.2, -0.15) is 0 Å². The lowest BCUT2D eigenvalue weighted by molar-refractivity contribution is 0.417. The summed E-state index contributed by atoms with van der Waals surface area (Å²) in [6, 6.07) is 19.1. The molecule has 3 aromatic carbocycles. The Bertz CT molecular complexity index is 940. The minimum atomic E-state index is -0.206. The highest BCUT2D eigenvalue weighted by Gasteiger charge is 2.28. The number of rotatable bonds is 4. The molecule has 0 bridgehead atoms. The van der Waals surface area contributed by atoms with Crippen LogP contribution >= 0.6 is 0 Å². The van der Waals surface area contributed by atoms with Gasteiger partial charge in [0, 0.05) is 16.9 Å². The Morgan fingerprint density at radius 3 is 1.23 bits per heavy atom. The molecule has 4 heteroatoms. The van der Waals surface area contributed by atoms with Gasteiger partial charge in [0.15, 0.2) is 0 Å². The number of anilines is 2. The zero-order chi connectivity index (χ0) is 22.1. The van der Waals surface area contributed by atoms with Crippen molar-refractivity contribution in [2.75, 3.05) is 11.5 Å². The van der Waals surface area contributed by atoms with E-state index in [1.165, 1.54) is 0 Å². The van der Waals surface area contributed by atoms with E-state index < -0.39 is 0 Å². The lowest BCUT2D eigenvalue weighted by atomic mass is 9.80. The van der Waals surface area contributed by atoms with Crippen molar-refractivity contribution >= 4 is 11.4 Å². The third kappa shape index (κ3) is 5.07. The van der Waals surface area contributed by atoms with Gasteiger partial charge in [-0.05, 0) is 77.1 Å². The van der Waals surface area contributed by atoms with Crippen molar-refractivity contribution in [3.8, 4) is 23.0 Å². The van der Waals surface area contributed by atoms with Crippen molar-refractivity contribution in [1.82, 2.24) is 0 Å². The summed E-state index contributed by atoms with van der Waals surface area (Å²) >= 11 is 0. The van der Waals surface area contributed by atoms with Crippen LogP contribution in [-0.4, -0.2) is 0 Å². The van der Waals surface area contributed by atoms with E-state index in [2.05, 4.69) is 53.7 Å². The molecular weight excluding hydrogens is 372 g/mol. The molecule has 0 aliphatic rings. The number of ether oxygens (including phenoxy) is 2. The molecule has 0 saturated heterocycles. The SMILES string of the molecule is CC(C)(C)c1cc(Oc2ccc(N)cc2)c(C(C)(C)C)c(Oc2ccc(N)cc2)c1. The predicted octanol–water partition coefficient (Wildman–Crippen LogP) is 7.03. The van der Waals surface area contributed by atoms with Crippen LogP contribution in [0.15, 0.2) is 60.7 Å². The van der Waals surface area contributed by atoms with Gasteiger partial charge in [-0.25, -0.2) is 0 Å². The quantitative estimate of drug-likeness (QED) is 0.458. The smallest absolute Gasteiger partial charge is 0.135 e. The molecule has 0 saturated carbocycles. The number of hydrogen-bond acceptors (Lipinski definition) is 4. The Balaban J connectivity index is 2.17. The average molecular weight is 405 g/mol. The number of nitrogen functional groups attached to an aromatic ring is 2. The first-order chi connectivity index (χ1) is 13.9. The highest BCUT2D eigenvalue weighted by Crippen LogP contribution is 2.45. The maximum Gasteiger partial charge on any atom is 0.135 e. The van der Waals surface area contributed by atoms with E-state index in [-0.39, 0.29) is 10.8 Å². The highest BCUT2D eigenvalue weighted by atomic mass is 16.5. The van der Waals surface area contributed by atoms with Crippen molar-refractivity contribution in [1.29, 1.82) is 0 Å². The van der Waals surface area contributed by atoms with Gasteiger partial charge in [0.25, 0.3) is 0 Å². The van der Waals surface area contributed by atoms with Gasteiger partial charge in [0.05, 0.1) is 0 Å². The van der Waals surface area contributed by atoms with E-state index in [0.29, 0.717) is 11.4 Å². The minimum absolute atomic E-state index is 0.0745. The average Bonchev–Trinajstić information content (AvgIpc) is 2.63. The predicted molar refractivity (Wildman–Crippen MR) is 126 cm³/mol. The lowest BCUT2D eigenvalue weighted by Gasteiger charge is -2.29. The zero-order valence-electron chi connectivity index (χ0n) is 18.7. The first kappa shape index (κ1) is 21.6. The summed E-state index contributed by atoms with van der Waals surface area (Å²) in [6.45, 7) is 13.0. The Morgan fingerprint density at radius 2 is 0.933 bits per heavy atom. The standard InChI is InChI=1S/C26H32N2O2/c1-25(2,3)17-15-22(29-20-11-7-18(27)8-12-20)24(26(4,5)6)23(16-17)30-21-13-9-19(28)10-14-21/h7-16H,27-28H2,1-6H3. The van der Waals surface area contributed by atoms with E-state index in [9.17, 15) is 0 Å². The second-order valence-electron chi connectivity index (χ2n) is 9.69. The molecule has 4 nitrogen and oxygen atoms in total. The first-order valence-corrected chi connectivity index (χ1v) is 10.2. The van der Waals surface area contributed by atoms with Crippen molar-refractivity contribution in [3.05, 3.63) is 71.8 Å². The fourth-order valence-electron chi connectivity index (χ4n) is 3.25. The second-order valence-corrected chi connectivity index (χ2v) is 9.69. The molecular formula is C26H32N2O2. The number of nitrogens with two attached hydrogens (primary N) is 2. The Morgan fingerprint density at radius 1 is 0.567 bits per heavy atom. The third-order valence-corrected chi connectivity index (χ3v) is 4.90. The van der Waals surface area contributed by atoms with Crippen molar-refractivity contribution in [2.45, 2.75) is 52.4 Å². The summed E-state index contributed by atoms with van der Waals surface area (Å²) in [6.07, 6.45) is 0. The van der Waals surface area contributed by atoms with Gasteiger partial charge in [0.1, 0.15) is 23.0 Å². The zero-order valence-corrected chi connectivity index (χ0v) is 18.7. The summed E-state index contributed by atoms with van der Waals surface area (Å²) in [7, 11) is 0. The van der Waals surface area contributed by atoms with Crippen LogP contribution < -0.4 is 20.9 Å². The van der Waals surface area contributed by atoms with Crippen molar-refractivity contribution in [2.24, 2.45) is 0 Å². The fourth-order valence-corrected chi connectivity index (χ4v) is 3.25. The molecule has 3 rings (SSSR count).